The van der Waals surface area contributed by atoms with Crippen molar-refractivity contribution in [2.75, 3.05) is 24.7 Å². The van der Waals surface area contributed by atoms with Crippen LogP contribution in [-0.4, -0.2) is 36.3 Å². The summed E-state index contributed by atoms with van der Waals surface area (Å²) in [5, 5.41) is 3.63. The molecule has 1 N–H and O–H groups in total. The molecule has 2 nitrogen and oxygen atoms in total. The van der Waals surface area contributed by atoms with Crippen LogP contribution in [0.15, 0.2) is 12.7 Å². The summed E-state index contributed by atoms with van der Waals surface area (Å²) in [7, 11) is 0. The molecule has 2 aliphatic heterocycles. The van der Waals surface area contributed by atoms with E-state index in [2.05, 4.69) is 36.7 Å². The molecule has 0 aliphatic carbocycles. The largest absolute Gasteiger partial charge is 0.374 e. The molecular formula is C14H25NOS. The molecule has 0 aromatic heterocycles. The van der Waals surface area contributed by atoms with Gasteiger partial charge in [-0.05, 0) is 43.9 Å². The molecular weight excluding hydrogens is 230 g/mol. The summed E-state index contributed by atoms with van der Waals surface area (Å²) in [6, 6.07) is 0.601. The highest BCUT2D eigenvalue weighted by Gasteiger charge is 2.42. The highest BCUT2D eigenvalue weighted by Crippen LogP contribution is 2.41. The fourth-order valence-electron chi connectivity index (χ4n) is 3.16. The van der Waals surface area contributed by atoms with E-state index < -0.39 is 0 Å². The highest BCUT2D eigenvalue weighted by atomic mass is 32.2. The number of hydrogen-bond acceptors (Lipinski definition) is 3. The van der Waals surface area contributed by atoms with E-state index in [1.165, 1.54) is 30.8 Å². The molecule has 3 heteroatoms. The molecule has 2 heterocycles. The van der Waals surface area contributed by atoms with Gasteiger partial charge in [-0.25, -0.2) is 0 Å². The quantitative estimate of drug-likeness (QED) is 0.763. The summed E-state index contributed by atoms with van der Waals surface area (Å²) in [4.78, 5) is 0. The molecule has 98 valence electrons. The Labute approximate surface area is 110 Å². The molecule has 3 unspecified atom stereocenters. The smallest absolute Gasteiger partial charge is 0.0783 e. The van der Waals surface area contributed by atoms with Crippen molar-refractivity contribution in [3.05, 3.63) is 12.7 Å². The zero-order valence-electron chi connectivity index (χ0n) is 10.9. The normalized spacial score (nSPS) is 35.0. The summed E-state index contributed by atoms with van der Waals surface area (Å²) >= 11 is 2.05. The van der Waals surface area contributed by atoms with Crippen LogP contribution in [0.4, 0.5) is 0 Å². The molecule has 0 aromatic carbocycles. The average molecular weight is 255 g/mol. The molecule has 3 atom stereocenters. The van der Waals surface area contributed by atoms with E-state index >= 15 is 0 Å². The minimum Gasteiger partial charge on any atom is -0.374 e. The number of nitrogens with one attached hydrogen (secondary N) is 1. The molecule has 17 heavy (non-hydrogen) atoms. The van der Waals surface area contributed by atoms with Crippen LogP contribution >= 0.6 is 11.8 Å². The number of hydrogen-bond donors (Lipinski definition) is 1. The highest BCUT2D eigenvalue weighted by molar-refractivity contribution is 7.99. The average Bonchev–Trinajstić information content (AvgIpc) is 2.77. The van der Waals surface area contributed by atoms with Crippen molar-refractivity contribution >= 4 is 11.8 Å². The Kier molecular flexibility index (Phi) is 4.95. The summed E-state index contributed by atoms with van der Waals surface area (Å²) in [6.07, 6.45) is 6.84. The van der Waals surface area contributed by atoms with Gasteiger partial charge >= 0.3 is 0 Å². The van der Waals surface area contributed by atoms with Crippen molar-refractivity contribution in [1.29, 1.82) is 0 Å². The third-order valence-electron chi connectivity index (χ3n) is 4.05. The molecule has 0 bridgehead atoms. The Morgan fingerprint density at radius 3 is 3.18 bits per heavy atom. The fraction of sp³-hybridized carbons (Fsp3) is 0.857. The van der Waals surface area contributed by atoms with Crippen molar-refractivity contribution in [1.82, 2.24) is 5.32 Å². The first-order valence-electron chi connectivity index (χ1n) is 6.85. The summed E-state index contributed by atoms with van der Waals surface area (Å²) in [6.45, 7) is 8.08. The van der Waals surface area contributed by atoms with Crippen molar-refractivity contribution in [2.45, 2.75) is 44.2 Å². The second-order valence-electron chi connectivity index (χ2n) is 5.28. The Hall–Kier alpha value is 0.0100. The zero-order chi connectivity index (χ0) is 12.1. The predicted octanol–water partition coefficient (Wildman–Crippen LogP) is 2.84. The Morgan fingerprint density at radius 2 is 2.53 bits per heavy atom. The first-order chi connectivity index (χ1) is 8.29. The van der Waals surface area contributed by atoms with Gasteiger partial charge in [-0.1, -0.05) is 13.0 Å². The van der Waals surface area contributed by atoms with E-state index in [1.807, 2.05) is 0 Å². The molecule has 0 saturated carbocycles. The van der Waals surface area contributed by atoms with Gasteiger partial charge in [0.25, 0.3) is 0 Å². The maximum atomic E-state index is 6.09. The van der Waals surface area contributed by atoms with E-state index in [4.69, 9.17) is 4.74 Å². The lowest BCUT2D eigenvalue weighted by molar-refractivity contribution is -0.0848. The van der Waals surface area contributed by atoms with E-state index in [1.54, 1.807) is 0 Å². The molecule has 2 saturated heterocycles. The van der Waals surface area contributed by atoms with Gasteiger partial charge in [0.1, 0.15) is 0 Å². The lowest BCUT2D eigenvalue weighted by Gasteiger charge is -2.41. The molecule has 2 rings (SSSR count). The van der Waals surface area contributed by atoms with Crippen LogP contribution in [0.5, 0.6) is 0 Å². The topological polar surface area (TPSA) is 21.3 Å². The first-order valence-corrected chi connectivity index (χ1v) is 8.01. The van der Waals surface area contributed by atoms with E-state index in [0.717, 1.165) is 25.5 Å². The Balaban J connectivity index is 1.96. The Morgan fingerprint density at radius 1 is 1.65 bits per heavy atom. The second-order valence-corrected chi connectivity index (χ2v) is 6.38. The standard InChI is InChI=1S/C14H25NOS/c1-3-5-13(15-4-2)12-6-8-16-14(10-12)7-9-17-11-14/h3,12-13,15H,1,4-11H2,2H3. The maximum absolute atomic E-state index is 6.09. The van der Waals surface area contributed by atoms with Crippen LogP contribution in [0.2, 0.25) is 0 Å². The molecule has 0 aromatic rings. The second kappa shape index (κ2) is 6.26. The fourth-order valence-corrected chi connectivity index (χ4v) is 4.53. The lowest BCUT2D eigenvalue weighted by Crippen LogP contribution is -2.46. The summed E-state index contributed by atoms with van der Waals surface area (Å²) in [5.74, 6) is 3.25. The van der Waals surface area contributed by atoms with Crippen molar-refractivity contribution < 1.29 is 4.74 Å². The van der Waals surface area contributed by atoms with E-state index in [0.29, 0.717) is 6.04 Å². The third-order valence-corrected chi connectivity index (χ3v) is 5.28. The predicted molar refractivity (Wildman–Crippen MR) is 75.6 cm³/mol. The van der Waals surface area contributed by atoms with Gasteiger partial charge in [0.2, 0.25) is 0 Å². The van der Waals surface area contributed by atoms with Crippen molar-refractivity contribution in [2.24, 2.45) is 5.92 Å². The van der Waals surface area contributed by atoms with Gasteiger partial charge in [0, 0.05) is 18.4 Å². The maximum Gasteiger partial charge on any atom is 0.0783 e. The molecule has 2 fully saturated rings. The molecule has 0 radical (unpaired) electrons. The minimum atomic E-state index is 0.211. The third kappa shape index (κ3) is 3.27. The SMILES string of the molecule is C=CCC(NCC)C1CCOC2(CCSC2)C1. The number of ether oxygens (including phenoxy) is 1. The minimum absolute atomic E-state index is 0.211. The van der Waals surface area contributed by atoms with Gasteiger partial charge in [0.15, 0.2) is 0 Å². The monoisotopic (exact) mass is 255 g/mol. The van der Waals surface area contributed by atoms with Crippen molar-refractivity contribution in [3.8, 4) is 0 Å². The van der Waals surface area contributed by atoms with Gasteiger partial charge in [0.05, 0.1) is 5.60 Å². The van der Waals surface area contributed by atoms with Crippen LogP contribution in [0.1, 0.15) is 32.6 Å². The lowest BCUT2D eigenvalue weighted by atomic mass is 9.80. The van der Waals surface area contributed by atoms with Crippen LogP contribution < -0.4 is 5.32 Å². The first kappa shape index (κ1) is 13.4. The summed E-state index contributed by atoms with van der Waals surface area (Å²) < 4.78 is 6.09. The van der Waals surface area contributed by atoms with Crippen molar-refractivity contribution in [3.63, 3.8) is 0 Å². The van der Waals surface area contributed by atoms with Gasteiger partial charge in [-0.2, -0.15) is 11.8 Å². The Bertz CT molecular complexity index is 251. The van der Waals surface area contributed by atoms with Gasteiger partial charge in [-0.15, -0.1) is 6.58 Å². The van der Waals surface area contributed by atoms with Crippen LogP contribution in [0.3, 0.4) is 0 Å². The number of thioether (sulfide) groups is 1. The number of rotatable bonds is 5. The molecule has 1 spiro atoms. The molecule has 0 amide bonds. The van der Waals surface area contributed by atoms with Crippen LogP contribution in [-0.2, 0) is 4.74 Å². The van der Waals surface area contributed by atoms with E-state index in [9.17, 15) is 0 Å². The van der Waals surface area contributed by atoms with E-state index in [-0.39, 0.29) is 5.60 Å². The van der Waals surface area contributed by atoms with Gasteiger partial charge in [-0.3, -0.25) is 0 Å². The summed E-state index contributed by atoms with van der Waals surface area (Å²) in [5.41, 5.74) is 0.211. The van der Waals surface area contributed by atoms with Gasteiger partial charge < -0.3 is 10.1 Å². The molecule has 2 aliphatic rings. The van der Waals surface area contributed by atoms with Crippen LogP contribution in [0, 0.1) is 5.92 Å². The zero-order valence-corrected chi connectivity index (χ0v) is 11.7. The van der Waals surface area contributed by atoms with Crippen LogP contribution in [0.25, 0.3) is 0 Å².